The van der Waals surface area contributed by atoms with Crippen molar-refractivity contribution in [2.45, 2.75) is 58.4 Å². The summed E-state index contributed by atoms with van der Waals surface area (Å²) in [7, 11) is 1.60. The Morgan fingerprint density at radius 3 is 2.48 bits per heavy atom. The Bertz CT molecular complexity index is 1180. The van der Waals surface area contributed by atoms with Crippen LogP contribution in [0.15, 0.2) is 53.3 Å². The van der Waals surface area contributed by atoms with Gasteiger partial charge in [-0.25, -0.2) is 4.98 Å². The Labute approximate surface area is 195 Å². The van der Waals surface area contributed by atoms with E-state index < -0.39 is 0 Å². The van der Waals surface area contributed by atoms with Gasteiger partial charge in [0, 0.05) is 12.5 Å². The highest BCUT2D eigenvalue weighted by Crippen LogP contribution is 2.32. The Morgan fingerprint density at radius 1 is 1.09 bits per heavy atom. The molecule has 1 heterocycles. The number of carbonyl (C=O) groups is 1. The molecule has 1 fully saturated rings. The van der Waals surface area contributed by atoms with Crippen molar-refractivity contribution in [3.63, 3.8) is 0 Å². The molecule has 0 spiro atoms. The minimum absolute atomic E-state index is 0.0552. The maximum Gasteiger partial charge on any atom is 0.266 e. The third kappa shape index (κ3) is 4.39. The van der Waals surface area contributed by atoms with Crippen LogP contribution in [0.2, 0.25) is 0 Å². The first-order valence-electron chi connectivity index (χ1n) is 12.1. The molecule has 0 N–H and O–H groups in total. The van der Waals surface area contributed by atoms with Crippen LogP contribution in [0.5, 0.6) is 5.75 Å². The summed E-state index contributed by atoms with van der Waals surface area (Å²) >= 11 is 0. The fourth-order valence-electron chi connectivity index (χ4n) is 5.08. The van der Waals surface area contributed by atoms with Crippen molar-refractivity contribution in [3.05, 3.63) is 64.7 Å². The number of amides is 1. The molecule has 6 nitrogen and oxygen atoms in total. The van der Waals surface area contributed by atoms with Crippen LogP contribution in [0.4, 0.5) is 0 Å². The van der Waals surface area contributed by atoms with Crippen LogP contribution < -0.4 is 10.3 Å². The van der Waals surface area contributed by atoms with Crippen LogP contribution in [0.25, 0.3) is 16.6 Å². The maximum absolute atomic E-state index is 13.8. The largest absolute Gasteiger partial charge is 0.495 e. The second kappa shape index (κ2) is 10.2. The van der Waals surface area contributed by atoms with Crippen LogP contribution in [0.3, 0.4) is 0 Å². The van der Waals surface area contributed by atoms with E-state index in [1.165, 1.54) is 6.42 Å². The maximum atomic E-state index is 13.8. The van der Waals surface area contributed by atoms with E-state index in [4.69, 9.17) is 9.72 Å². The van der Waals surface area contributed by atoms with Gasteiger partial charge in [0.05, 0.1) is 29.7 Å². The number of nitrogens with zero attached hydrogens (tertiary/aromatic N) is 3. The van der Waals surface area contributed by atoms with Crippen LogP contribution in [-0.4, -0.2) is 34.0 Å². The first kappa shape index (κ1) is 23.0. The molecule has 6 heteroatoms. The summed E-state index contributed by atoms with van der Waals surface area (Å²) < 4.78 is 7.24. The lowest BCUT2D eigenvalue weighted by atomic mass is 9.87. The van der Waals surface area contributed by atoms with Crippen molar-refractivity contribution >= 4 is 16.8 Å². The molecular weight excluding hydrogens is 414 g/mol. The lowest BCUT2D eigenvalue weighted by Gasteiger charge is -2.35. The Hall–Kier alpha value is -3.15. The van der Waals surface area contributed by atoms with E-state index in [1.807, 2.05) is 54.3 Å². The van der Waals surface area contributed by atoms with E-state index >= 15 is 0 Å². The highest BCUT2D eigenvalue weighted by molar-refractivity contribution is 5.80. The van der Waals surface area contributed by atoms with Crippen molar-refractivity contribution in [1.29, 1.82) is 0 Å². The molecular formula is C27H33N3O3. The number of hydrogen-bond acceptors (Lipinski definition) is 4. The molecule has 0 bridgehead atoms. The molecule has 4 rings (SSSR count). The van der Waals surface area contributed by atoms with Crippen LogP contribution in [0, 0.1) is 5.92 Å². The summed E-state index contributed by atoms with van der Waals surface area (Å²) in [5.74, 6) is 1.41. The molecule has 2 aromatic carbocycles. The number of aromatic nitrogens is 2. The molecule has 33 heavy (non-hydrogen) atoms. The zero-order valence-electron chi connectivity index (χ0n) is 19.8. The molecule has 0 saturated heterocycles. The highest BCUT2D eigenvalue weighted by Gasteiger charge is 2.33. The molecule has 0 radical (unpaired) electrons. The van der Waals surface area contributed by atoms with E-state index in [9.17, 15) is 9.59 Å². The SMILES string of the molecule is CCC(c1nc2ccccc2c(=O)n1-c1ccccc1OC)N(CC)C(=O)C1CCCCC1. The van der Waals surface area contributed by atoms with Crippen molar-refractivity contribution in [2.24, 2.45) is 5.92 Å². The Kier molecular flexibility index (Phi) is 7.11. The molecule has 1 aliphatic rings. The number of fused-ring (bicyclic) bond motifs is 1. The predicted molar refractivity (Wildman–Crippen MR) is 131 cm³/mol. The zero-order chi connectivity index (χ0) is 23.4. The fraction of sp³-hybridized carbons (Fsp3) is 0.444. The van der Waals surface area contributed by atoms with Gasteiger partial charge in [0.2, 0.25) is 5.91 Å². The molecule has 1 aliphatic carbocycles. The highest BCUT2D eigenvalue weighted by atomic mass is 16.5. The summed E-state index contributed by atoms with van der Waals surface area (Å²) in [6.45, 7) is 4.63. The number of methoxy groups -OCH3 is 1. The van der Waals surface area contributed by atoms with Gasteiger partial charge < -0.3 is 9.64 Å². The van der Waals surface area contributed by atoms with Crippen molar-refractivity contribution < 1.29 is 9.53 Å². The van der Waals surface area contributed by atoms with E-state index in [0.717, 1.165) is 25.7 Å². The van der Waals surface area contributed by atoms with Crippen LogP contribution >= 0.6 is 0 Å². The number of benzene rings is 2. The quantitative estimate of drug-likeness (QED) is 0.495. The van der Waals surface area contributed by atoms with Gasteiger partial charge in [-0.3, -0.25) is 14.2 Å². The van der Waals surface area contributed by atoms with Gasteiger partial charge >= 0.3 is 0 Å². The van der Waals surface area contributed by atoms with E-state index in [-0.39, 0.29) is 23.4 Å². The Balaban J connectivity index is 1.92. The third-order valence-corrected chi connectivity index (χ3v) is 6.77. The average Bonchev–Trinajstić information content (AvgIpc) is 2.87. The summed E-state index contributed by atoms with van der Waals surface area (Å²) in [6, 6.07) is 14.5. The summed E-state index contributed by atoms with van der Waals surface area (Å²) in [6.07, 6.45) is 5.95. The molecule has 1 unspecified atom stereocenters. The smallest absolute Gasteiger partial charge is 0.266 e. The number of para-hydroxylation sites is 3. The molecule has 1 aromatic heterocycles. The van der Waals surface area contributed by atoms with Crippen molar-refractivity contribution in [3.8, 4) is 11.4 Å². The van der Waals surface area contributed by atoms with Crippen molar-refractivity contribution in [1.82, 2.24) is 14.5 Å². The average molecular weight is 448 g/mol. The molecule has 3 aromatic rings. The second-order valence-electron chi connectivity index (χ2n) is 8.68. The van der Waals surface area contributed by atoms with Crippen molar-refractivity contribution in [2.75, 3.05) is 13.7 Å². The van der Waals surface area contributed by atoms with Gasteiger partial charge in [-0.1, -0.05) is 50.5 Å². The van der Waals surface area contributed by atoms with Crippen LogP contribution in [-0.2, 0) is 4.79 Å². The summed E-state index contributed by atoms with van der Waals surface area (Å²) in [5, 5.41) is 0.545. The van der Waals surface area contributed by atoms with Gasteiger partial charge in [-0.2, -0.15) is 0 Å². The van der Waals surface area contributed by atoms with Gasteiger partial charge in [0.25, 0.3) is 5.56 Å². The monoisotopic (exact) mass is 447 g/mol. The summed E-state index contributed by atoms with van der Waals surface area (Å²) in [4.78, 5) is 34.3. The van der Waals surface area contributed by atoms with E-state index in [2.05, 4.69) is 6.92 Å². The van der Waals surface area contributed by atoms with Crippen LogP contribution in [0.1, 0.15) is 64.2 Å². The second-order valence-corrected chi connectivity index (χ2v) is 8.68. The molecule has 1 saturated carbocycles. The van der Waals surface area contributed by atoms with Gasteiger partial charge in [0.1, 0.15) is 11.6 Å². The molecule has 0 aliphatic heterocycles. The molecule has 1 atom stereocenters. The first-order chi connectivity index (χ1) is 16.1. The lowest BCUT2D eigenvalue weighted by Crippen LogP contribution is -2.42. The predicted octanol–water partition coefficient (Wildman–Crippen LogP) is 5.27. The van der Waals surface area contributed by atoms with E-state index in [0.29, 0.717) is 41.1 Å². The van der Waals surface area contributed by atoms with Gasteiger partial charge in [-0.05, 0) is 50.5 Å². The summed E-state index contributed by atoms with van der Waals surface area (Å²) in [5.41, 5.74) is 1.13. The third-order valence-electron chi connectivity index (χ3n) is 6.77. The standard InChI is InChI=1S/C27H33N3O3/c1-4-22(29(5-2)26(31)19-13-7-6-8-14-19)25-28-21-16-10-9-15-20(21)27(32)30(25)23-17-11-12-18-24(23)33-3/h9-12,15-19,22H,4-8,13-14H2,1-3H3. The van der Waals surface area contributed by atoms with E-state index in [1.54, 1.807) is 17.7 Å². The lowest BCUT2D eigenvalue weighted by molar-refractivity contribution is -0.139. The number of carbonyl (C=O) groups excluding carboxylic acids is 1. The van der Waals surface area contributed by atoms with Gasteiger partial charge in [0.15, 0.2) is 0 Å². The van der Waals surface area contributed by atoms with Gasteiger partial charge in [-0.15, -0.1) is 0 Å². The minimum atomic E-state index is -0.313. The first-order valence-corrected chi connectivity index (χ1v) is 12.1. The number of rotatable bonds is 7. The zero-order valence-corrected chi connectivity index (χ0v) is 19.8. The molecule has 174 valence electrons. The fourth-order valence-corrected chi connectivity index (χ4v) is 5.08. The minimum Gasteiger partial charge on any atom is -0.495 e. The molecule has 1 amide bonds. The number of ether oxygens (including phenoxy) is 1. The normalized spacial score (nSPS) is 15.4. The topological polar surface area (TPSA) is 64.4 Å². The Morgan fingerprint density at radius 2 is 1.79 bits per heavy atom. The number of hydrogen-bond donors (Lipinski definition) is 0.